The highest BCUT2D eigenvalue weighted by atomic mass is 16.5. The van der Waals surface area contributed by atoms with Crippen LogP contribution < -0.4 is 10.2 Å². The lowest BCUT2D eigenvalue weighted by atomic mass is 10.2. The van der Waals surface area contributed by atoms with Crippen LogP contribution in [-0.2, 0) is 4.79 Å². The van der Waals surface area contributed by atoms with Gasteiger partial charge in [0.15, 0.2) is 6.10 Å². The second kappa shape index (κ2) is 9.09. The number of rotatable bonds is 7. The van der Waals surface area contributed by atoms with Crippen LogP contribution >= 0.6 is 0 Å². The number of aryl methyl sites for hydroxylation is 2. The van der Waals surface area contributed by atoms with Gasteiger partial charge in [0.1, 0.15) is 5.75 Å². The second-order valence-corrected chi connectivity index (χ2v) is 6.86. The van der Waals surface area contributed by atoms with Crippen LogP contribution in [0.25, 0.3) is 5.69 Å². The van der Waals surface area contributed by atoms with E-state index in [1.54, 1.807) is 36.4 Å². The third-order valence-corrected chi connectivity index (χ3v) is 4.58. The van der Waals surface area contributed by atoms with E-state index in [1.807, 2.05) is 26.0 Å². The zero-order valence-corrected chi connectivity index (χ0v) is 17.0. The van der Waals surface area contributed by atoms with Gasteiger partial charge in [-0.1, -0.05) is 0 Å². The second-order valence-electron chi connectivity index (χ2n) is 6.86. The van der Waals surface area contributed by atoms with Crippen molar-refractivity contribution in [3.05, 3.63) is 83.2 Å². The largest absolute Gasteiger partial charge is 0.479 e. The molecular weight excluding hydrogens is 382 g/mol. The molecule has 2 N–H and O–H groups in total. The van der Waals surface area contributed by atoms with Gasteiger partial charge in [0.05, 0.1) is 6.21 Å². The Kier molecular flexibility index (Phi) is 6.32. The fraction of sp³-hybridized carbons (Fsp3) is 0.174. The minimum atomic E-state index is -1.03. The Bertz CT molecular complexity index is 1050. The van der Waals surface area contributed by atoms with Gasteiger partial charge >= 0.3 is 5.97 Å². The number of nitrogens with one attached hydrogen (secondary N) is 1. The van der Waals surface area contributed by atoms with Crippen molar-refractivity contribution in [3.63, 3.8) is 0 Å². The Balaban J connectivity index is 1.59. The first kappa shape index (κ1) is 20.9. The molecule has 0 saturated heterocycles. The van der Waals surface area contributed by atoms with Gasteiger partial charge in [-0.2, -0.15) is 5.10 Å². The summed E-state index contributed by atoms with van der Waals surface area (Å²) < 4.78 is 7.38. The third kappa shape index (κ3) is 4.94. The number of carbonyl (C=O) groups excluding carboxylic acids is 1. The minimum Gasteiger partial charge on any atom is -0.479 e. The quantitative estimate of drug-likeness (QED) is 0.463. The van der Waals surface area contributed by atoms with Crippen LogP contribution in [0, 0.1) is 13.8 Å². The Hall–Kier alpha value is -3.87. The first-order valence-electron chi connectivity index (χ1n) is 9.43. The summed E-state index contributed by atoms with van der Waals surface area (Å²) in [6.07, 6.45) is 0.573. The SMILES string of the molecule is Cc1ccc(C)n1-c1ccc(C(=O)N/N=C\c2ccc(O[C@@H](C)C(=O)O)cc2)cc1. The fourth-order valence-electron chi connectivity index (χ4n) is 2.95. The van der Waals surface area contributed by atoms with Crippen molar-refractivity contribution in [3.8, 4) is 11.4 Å². The zero-order valence-electron chi connectivity index (χ0n) is 17.0. The van der Waals surface area contributed by atoms with Crippen LogP contribution in [0.3, 0.4) is 0 Å². The van der Waals surface area contributed by atoms with E-state index >= 15 is 0 Å². The lowest BCUT2D eigenvalue weighted by Gasteiger charge is -2.10. The van der Waals surface area contributed by atoms with E-state index in [2.05, 4.69) is 27.2 Å². The summed E-state index contributed by atoms with van der Waals surface area (Å²) in [5.74, 6) is -0.900. The van der Waals surface area contributed by atoms with E-state index in [9.17, 15) is 9.59 Å². The van der Waals surface area contributed by atoms with Crippen molar-refractivity contribution in [2.45, 2.75) is 26.9 Å². The molecule has 0 bridgehead atoms. The first-order chi connectivity index (χ1) is 14.3. The Morgan fingerprint density at radius 3 is 2.17 bits per heavy atom. The molecule has 0 spiro atoms. The number of carboxylic acids is 1. The van der Waals surface area contributed by atoms with E-state index in [0.29, 0.717) is 11.3 Å². The topological polar surface area (TPSA) is 92.9 Å². The molecule has 1 amide bonds. The number of carboxylic acid groups (broad SMARTS) is 1. The summed E-state index contributed by atoms with van der Waals surface area (Å²) in [4.78, 5) is 23.1. The number of aliphatic carboxylic acids is 1. The molecule has 0 fully saturated rings. The predicted molar refractivity (Wildman–Crippen MR) is 114 cm³/mol. The monoisotopic (exact) mass is 405 g/mol. The fourth-order valence-corrected chi connectivity index (χ4v) is 2.95. The summed E-state index contributed by atoms with van der Waals surface area (Å²) in [5, 5.41) is 12.8. The van der Waals surface area contributed by atoms with E-state index < -0.39 is 12.1 Å². The molecule has 7 nitrogen and oxygen atoms in total. The van der Waals surface area contributed by atoms with Crippen LogP contribution in [0.4, 0.5) is 0 Å². The highest BCUT2D eigenvalue weighted by Gasteiger charge is 2.12. The van der Waals surface area contributed by atoms with E-state index in [4.69, 9.17) is 9.84 Å². The maximum absolute atomic E-state index is 12.3. The van der Waals surface area contributed by atoms with Crippen LogP contribution in [0.2, 0.25) is 0 Å². The van der Waals surface area contributed by atoms with Crippen LogP contribution in [-0.4, -0.2) is 33.9 Å². The minimum absolute atomic E-state index is 0.311. The molecular formula is C23H23N3O4. The summed E-state index contributed by atoms with van der Waals surface area (Å²) in [6.45, 7) is 5.53. The molecule has 0 saturated carbocycles. The van der Waals surface area contributed by atoms with Gasteiger partial charge in [0.25, 0.3) is 5.91 Å². The van der Waals surface area contributed by atoms with Gasteiger partial charge in [-0.25, -0.2) is 10.2 Å². The Morgan fingerprint density at radius 2 is 1.60 bits per heavy atom. The number of hydrogen-bond acceptors (Lipinski definition) is 4. The molecule has 0 unspecified atom stereocenters. The molecule has 0 aliphatic carbocycles. The summed E-state index contributed by atoms with van der Waals surface area (Å²) in [7, 11) is 0. The normalized spacial score (nSPS) is 12.0. The number of nitrogens with zero attached hydrogens (tertiary/aromatic N) is 2. The highest BCUT2D eigenvalue weighted by Crippen LogP contribution is 2.17. The van der Waals surface area contributed by atoms with Gasteiger partial charge < -0.3 is 14.4 Å². The van der Waals surface area contributed by atoms with E-state index in [0.717, 1.165) is 22.6 Å². The van der Waals surface area contributed by atoms with E-state index in [-0.39, 0.29) is 5.91 Å². The highest BCUT2D eigenvalue weighted by molar-refractivity contribution is 5.95. The summed E-state index contributed by atoms with van der Waals surface area (Å²) >= 11 is 0. The van der Waals surface area contributed by atoms with Crippen molar-refractivity contribution in [1.29, 1.82) is 0 Å². The van der Waals surface area contributed by atoms with Crippen molar-refractivity contribution in [2.75, 3.05) is 0 Å². The standard InChI is InChI=1S/C23H23N3O4/c1-15-4-5-16(2)26(15)20-10-8-19(9-11-20)22(27)25-24-14-18-6-12-21(13-7-18)30-17(3)23(28)29/h4-14,17H,1-3H3,(H,25,27)(H,28,29)/b24-14-/t17-/m0/s1. The Labute approximate surface area is 174 Å². The van der Waals surface area contributed by atoms with Gasteiger partial charge in [0, 0.05) is 22.6 Å². The average Bonchev–Trinajstić information content (AvgIpc) is 3.07. The number of carbonyl (C=O) groups is 2. The van der Waals surface area contributed by atoms with E-state index in [1.165, 1.54) is 13.1 Å². The van der Waals surface area contributed by atoms with Gasteiger partial charge in [-0.05, 0) is 87.0 Å². The molecule has 7 heteroatoms. The molecule has 3 rings (SSSR count). The van der Waals surface area contributed by atoms with Gasteiger partial charge in [0.2, 0.25) is 0 Å². The van der Waals surface area contributed by atoms with Crippen molar-refractivity contribution < 1.29 is 19.4 Å². The molecule has 30 heavy (non-hydrogen) atoms. The molecule has 0 aliphatic rings. The molecule has 1 aromatic heterocycles. The molecule has 0 radical (unpaired) electrons. The molecule has 3 aromatic rings. The third-order valence-electron chi connectivity index (χ3n) is 4.58. The zero-order chi connectivity index (χ0) is 21.7. The number of hydrazone groups is 1. The summed E-state index contributed by atoms with van der Waals surface area (Å²) in [6, 6.07) is 18.1. The molecule has 0 aliphatic heterocycles. The lowest BCUT2D eigenvalue weighted by Crippen LogP contribution is -2.22. The maximum atomic E-state index is 12.3. The molecule has 2 aromatic carbocycles. The van der Waals surface area contributed by atoms with Gasteiger partial charge in [-0.3, -0.25) is 4.79 Å². The summed E-state index contributed by atoms with van der Waals surface area (Å²) in [5.41, 5.74) is 6.99. The van der Waals surface area contributed by atoms with Crippen LogP contribution in [0.15, 0.2) is 65.8 Å². The first-order valence-corrected chi connectivity index (χ1v) is 9.43. The lowest BCUT2D eigenvalue weighted by molar-refractivity contribution is -0.144. The molecule has 1 heterocycles. The van der Waals surface area contributed by atoms with Crippen molar-refractivity contribution in [1.82, 2.24) is 9.99 Å². The smallest absolute Gasteiger partial charge is 0.344 e. The van der Waals surface area contributed by atoms with Crippen LogP contribution in [0.1, 0.15) is 34.2 Å². The van der Waals surface area contributed by atoms with Crippen molar-refractivity contribution in [2.24, 2.45) is 5.10 Å². The van der Waals surface area contributed by atoms with Crippen molar-refractivity contribution >= 4 is 18.1 Å². The predicted octanol–water partition coefficient (Wildman–Crippen LogP) is 3.71. The number of ether oxygens (including phenoxy) is 1. The average molecular weight is 405 g/mol. The number of amides is 1. The van der Waals surface area contributed by atoms with Gasteiger partial charge in [-0.15, -0.1) is 0 Å². The Morgan fingerprint density at radius 1 is 1.00 bits per heavy atom. The molecule has 154 valence electrons. The van der Waals surface area contributed by atoms with Crippen LogP contribution in [0.5, 0.6) is 5.75 Å². The number of aromatic nitrogens is 1. The number of hydrogen-bond donors (Lipinski definition) is 2. The number of benzene rings is 2. The maximum Gasteiger partial charge on any atom is 0.344 e. The molecule has 1 atom stereocenters.